The molecule has 2 aromatic carbocycles. The van der Waals surface area contributed by atoms with Crippen LogP contribution in [0.3, 0.4) is 0 Å². The molecule has 122 valence electrons. The molecule has 23 heavy (non-hydrogen) atoms. The quantitative estimate of drug-likeness (QED) is 0.869. The number of ether oxygens (including phenoxy) is 1. The molecule has 1 N–H and O–H groups in total. The van der Waals surface area contributed by atoms with Crippen LogP contribution in [-0.2, 0) is 16.6 Å². The van der Waals surface area contributed by atoms with Crippen LogP contribution in [0.4, 0.5) is 0 Å². The van der Waals surface area contributed by atoms with Crippen molar-refractivity contribution in [1.82, 2.24) is 5.32 Å². The lowest BCUT2D eigenvalue weighted by molar-refractivity contribution is -0.125. The standard InChI is InChI=1S/C19H22ClNO2/c1-19(2,15-7-9-17(23-3)10-8-15)18(22)21-12-11-14-5-4-6-16(20)13-14/h4-10,13H,11-12H2,1-3H3,(H,21,22). The van der Waals surface area contributed by atoms with Gasteiger partial charge in [-0.1, -0.05) is 35.9 Å². The minimum Gasteiger partial charge on any atom is -0.497 e. The van der Waals surface area contributed by atoms with Crippen molar-refractivity contribution in [2.75, 3.05) is 13.7 Å². The van der Waals surface area contributed by atoms with Gasteiger partial charge in [0, 0.05) is 11.6 Å². The first-order valence-electron chi connectivity index (χ1n) is 7.61. The Balaban J connectivity index is 1.95. The van der Waals surface area contributed by atoms with E-state index in [9.17, 15) is 4.79 Å². The molecule has 0 unspecified atom stereocenters. The van der Waals surface area contributed by atoms with Crippen LogP contribution in [-0.4, -0.2) is 19.6 Å². The summed E-state index contributed by atoms with van der Waals surface area (Å²) >= 11 is 5.97. The second-order valence-electron chi connectivity index (χ2n) is 5.99. The Morgan fingerprint density at radius 3 is 2.48 bits per heavy atom. The van der Waals surface area contributed by atoms with E-state index in [2.05, 4.69) is 5.32 Å². The molecule has 2 aromatic rings. The van der Waals surface area contributed by atoms with Crippen molar-refractivity contribution in [2.24, 2.45) is 0 Å². The van der Waals surface area contributed by atoms with E-state index in [1.165, 1.54) is 0 Å². The number of nitrogens with one attached hydrogen (secondary N) is 1. The van der Waals surface area contributed by atoms with Crippen molar-refractivity contribution in [2.45, 2.75) is 25.7 Å². The molecule has 4 heteroatoms. The van der Waals surface area contributed by atoms with E-state index in [1.807, 2.05) is 62.4 Å². The molecular formula is C19H22ClNO2. The topological polar surface area (TPSA) is 38.3 Å². The van der Waals surface area contributed by atoms with Crippen molar-refractivity contribution >= 4 is 17.5 Å². The summed E-state index contributed by atoms with van der Waals surface area (Å²) in [7, 11) is 1.63. The van der Waals surface area contributed by atoms with Gasteiger partial charge in [-0.2, -0.15) is 0 Å². The molecule has 0 spiro atoms. The van der Waals surface area contributed by atoms with Gasteiger partial charge in [-0.05, 0) is 55.7 Å². The van der Waals surface area contributed by atoms with Gasteiger partial charge >= 0.3 is 0 Å². The summed E-state index contributed by atoms with van der Waals surface area (Å²) in [5.41, 5.74) is 1.47. The Labute approximate surface area is 142 Å². The van der Waals surface area contributed by atoms with E-state index < -0.39 is 5.41 Å². The Morgan fingerprint density at radius 2 is 1.87 bits per heavy atom. The normalized spacial score (nSPS) is 11.1. The van der Waals surface area contributed by atoms with Crippen LogP contribution in [0.2, 0.25) is 5.02 Å². The van der Waals surface area contributed by atoms with Crippen LogP contribution in [0, 0.1) is 0 Å². The van der Waals surface area contributed by atoms with E-state index >= 15 is 0 Å². The van der Waals surface area contributed by atoms with Crippen LogP contribution in [0.25, 0.3) is 0 Å². The van der Waals surface area contributed by atoms with Crippen molar-refractivity contribution in [1.29, 1.82) is 0 Å². The minimum absolute atomic E-state index is 0.00435. The molecule has 0 bridgehead atoms. The lowest BCUT2D eigenvalue weighted by Gasteiger charge is -2.24. The zero-order chi connectivity index (χ0) is 16.9. The van der Waals surface area contributed by atoms with E-state index in [-0.39, 0.29) is 5.91 Å². The Hall–Kier alpha value is -2.00. The van der Waals surface area contributed by atoms with E-state index in [4.69, 9.17) is 16.3 Å². The van der Waals surface area contributed by atoms with Crippen LogP contribution in [0.15, 0.2) is 48.5 Å². The molecule has 0 aliphatic rings. The highest BCUT2D eigenvalue weighted by molar-refractivity contribution is 6.30. The van der Waals surface area contributed by atoms with Gasteiger partial charge in [0.1, 0.15) is 5.75 Å². The molecule has 0 saturated heterocycles. The zero-order valence-electron chi connectivity index (χ0n) is 13.7. The fraction of sp³-hybridized carbons (Fsp3) is 0.316. The van der Waals surface area contributed by atoms with E-state index in [1.54, 1.807) is 7.11 Å². The molecule has 0 aliphatic heterocycles. The van der Waals surface area contributed by atoms with Crippen molar-refractivity contribution < 1.29 is 9.53 Å². The predicted molar refractivity (Wildman–Crippen MR) is 94.2 cm³/mol. The summed E-state index contributed by atoms with van der Waals surface area (Å²) in [6.07, 6.45) is 0.755. The summed E-state index contributed by atoms with van der Waals surface area (Å²) in [4.78, 5) is 12.5. The van der Waals surface area contributed by atoms with Gasteiger partial charge in [-0.3, -0.25) is 4.79 Å². The van der Waals surface area contributed by atoms with Gasteiger partial charge in [-0.15, -0.1) is 0 Å². The molecule has 0 heterocycles. The number of carbonyl (C=O) groups is 1. The van der Waals surface area contributed by atoms with Gasteiger partial charge in [0.2, 0.25) is 5.91 Å². The fourth-order valence-corrected chi connectivity index (χ4v) is 2.59. The van der Waals surface area contributed by atoms with Gasteiger partial charge < -0.3 is 10.1 Å². The fourth-order valence-electron chi connectivity index (χ4n) is 2.37. The van der Waals surface area contributed by atoms with Crippen molar-refractivity contribution in [3.8, 4) is 5.75 Å². The first kappa shape index (κ1) is 17.4. The number of methoxy groups -OCH3 is 1. The molecule has 0 fully saturated rings. The molecule has 0 aromatic heterocycles. The molecule has 0 atom stereocenters. The highest BCUT2D eigenvalue weighted by Crippen LogP contribution is 2.25. The van der Waals surface area contributed by atoms with Crippen LogP contribution >= 0.6 is 11.6 Å². The second kappa shape index (κ2) is 7.51. The molecule has 3 nitrogen and oxygen atoms in total. The zero-order valence-corrected chi connectivity index (χ0v) is 14.5. The third-order valence-corrected chi connectivity index (χ3v) is 4.20. The summed E-state index contributed by atoms with van der Waals surface area (Å²) < 4.78 is 5.15. The molecule has 0 saturated carbocycles. The van der Waals surface area contributed by atoms with Crippen molar-refractivity contribution in [3.63, 3.8) is 0 Å². The second-order valence-corrected chi connectivity index (χ2v) is 6.43. The third-order valence-electron chi connectivity index (χ3n) is 3.97. The van der Waals surface area contributed by atoms with Crippen molar-refractivity contribution in [3.05, 3.63) is 64.7 Å². The number of rotatable bonds is 6. The summed E-state index contributed by atoms with van der Waals surface area (Å²) in [6, 6.07) is 15.3. The van der Waals surface area contributed by atoms with E-state index in [0.717, 1.165) is 23.3 Å². The minimum atomic E-state index is -0.597. The van der Waals surface area contributed by atoms with E-state index in [0.29, 0.717) is 11.6 Å². The monoisotopic (exact) mass is 331 g/mol. The van der Waals surface area contributed by atoms with Gasteiger partial charge in [0.15, 0.2) is 0 Å². The molecular weight excluding hydrogens is 310 g/mol. The Kier molecular flexibility index (Phi) is 5.67. The average molecular weight is 332 g/mol. The number of carbonyl (C=O) groups excluding carboxylic acids is 1. The number of hydrogen-bond acceptors (Lipinski definition) is 2. The first-order valence-corrected chi connectivity index (χ1v) is 7.98. The Bertz CT molecular complexity index is 665. The lowest BCUT2D eigenvalue weighted by atomic mass is 9.83. The van der Waals surface area contributed by atoms with Gasteiger partial charge in [0.25, 0.3) is 0 Å². The maximum absolute atomic E-state index is 12.5. The summed E-state index contributed by atoms with van der Waals surface area (Å²) in [5.74, 6) is 0.788. The maximum Gasteiger partial charge on any atom is 0.230 e. The van der Waals surface area contributed by atoms with Gasteiger partial charge in [-0.25, -0.2) is 0 Å². The molecule has 2 rings (SSSR count). The molecule has 0 radical (unpaired) electrons. The number of benzene rings is 2. The molecule has 1 amide bonds. The number of hydrogen-bond donors (Lipinski definition) is 1. The van der Waals surface area contributed by atoms with Crippen LogP contribution in [0.1, 0.15) is 25.0 Å². The Morgan fingerprint density at radius 1 is 1.17 bits per heavy atom. The first-order chi connectivity index (χ1) is 10.9. The summed E-state index contributed by atoms with van der Waals surface area (Å²) in [6.45, 7) is 4.42. The highest BCUT2D eigenvalue weighted by Gasteiger charge is 2.29. The van der Waals surface area contributed by atoms with Gasteiger partial charge in [0.05, 0.1) is 12.5 Å². The SMILES string of the molecule is COc1ccc(C(C)(C)C(=O)NCCc2cccc(Cl)c2)cc1. The largest absolute Gasteiger partial charge is 0.497 e. The van der Waals surface area contributed by atoms with Crippen LogP contribution in [0.5, 0.6) is 5.75 Å². The number of halogens is 1. The van der Waals surface area contributed by atoms with Crippen LogP contribution < -0.4 is 10.1 Å². The molecule has 0 aliphatic carbocycles. The smallest absolute Gasteiger partial charge is 0.230 e. The maximum atomic E-state index is 12.5. The number of amides is 1. The lowest BCUT2D eigenvalue weighted by Crippen LogP contribution is -2.40. The average Bonchev–Trinajstić information content (AvgIpc) is 2.55. The highest BCUT2D eigenvalue weighted by atomic mass is 35.5. The summed E-state index contributed by atoms with van der Waals surface area (Å²) in [5, 5.41) is 3.72. The third kappa shape index (κ3) is 4.49. The predicted octanol–water partition coefficient (Wildman–Crippen LogP) is 3.99.